The van der Waals surface area contributed by atoms with E-state index in [1.807, 2.05) is 0 Å². The molecule has 1 aliphatic heterocycles. The van der Waals surface area contributed by atoms with Gasteiger partial charge in [-0.05, 0) is 44.9 Å². The lowest BCUT2D eigenvalue weighted by molar-refractivity contribution is -0.302. The molecule has 0 saturated carbocycles. The fourth-order valence-corrected chi connectivity index (χ4v) is 5.89. The second kappa shape index (κ2) is 29.6. The number of amides is 1. The van der Waals surface area contributed by atoms with Crippen LogP contribution in [0.25, 0.3) is 0 Å². The van der Waals surface area contributed by atoms with Crippen molar-refractivity contribution in [3.63, 3.8) is 0 Å². The first-order valence-electron chi connectivity index (χ1n) is 19.0. The molecule has 1 heterocycles. The zero-order chi connectivity index (χ0) is 34.5. The molecule has 0 aliphatic carbocycles. The molecule has 1 saturated heterocycles. The Morgan fingerprint density at radius 1 is 0.723 bits per heavy atom. The van der Waals surface area contributed by atoms with Crippen molar-refractivity contribution in [1.29, 1.82) is 0 Å². The van der Waals surface area contributed by atoms with Crippen LogP contribution in [0.5, 0.6) is 0 Å². The largest absolute Gasteiger partial charge is 0.394 e. The van der Waals surface area contributed by atoms with E-state index in [0.717, 1.165) is 51.4 Å². The summed E-state index contributed by atoms with van der Waals surface area (Å²) < 4.78 is 11.1. The highest BCUT2D eigenvalue weighted by molar-refractivity contribution is 5.76. The zero-order valence-corrected chi connectivity index (χ0v) is 29.8. The molecule has 0 aromatic heterocycles. The third kappa shape index (κ3) is 21.4. The van der Waals surface area contributed by atoms with E-state index in [4.69, 9.17) is 9.47 Å². The molecule has 0 radical (unpaired) electrons. The van der Waals surface area contributed by atoms with Crippen LogP contribution >= 0.6 is 0 Å². The molecule has 7 unspecified atom stereocenters. The van der Waals surface area contributed by atoms with Gasteiger partial charge in [-0.2, -0.15) is 0 Å². The molecule has 0 spiro atoms. The SMILES string of the molecule is CCCCC/C=C\C/C=C\CCCCCCCCCC(=O)NC(COC1OC(CO)C(O)C(O)C1O)C(O)CCCCCCCCC. The van der Waals surface area contributed by atoms with Crippen LogP contribution in [0.3, 0.4) is 0 Å². The number of unbranched alkanes of at least 4 members (excludes halogenated alkanes) is 16. The Hall–Kier alpha value is -1.33. The highest BCUT2D eigenvalue weighted by atomic mass is 16.7. The van der Waals surface area contributed by atoms with Crippen molar-refractivity contribution in [3.8, 4) is 0 Å². The van der Waals surface area contributed by atoms with Gasteiger partial charge in [-0.1, -0.05) is 128 Å². The highest BCUT2D eigenvalue weighted by Gasteiger charge is 2.44. The number of hydrogen-bond donors (Lipinski definition) is 6. The predicted molar refractivity (Wildman–Crippen MR) is 189 cm³/mol. The highest BCUT2D eigenvalue weighted by Crippen LogP contribution is 2.23. The fraction of sp³-hybridized carbons (Fsp3) is 0.868. The summed E-state index contributed by atoms with van der Waals surface area (Å²) in [5, 5.41) is 53.8. The fourth-order valence-electron chi connectivity index (χ4n) is 5.89. The second-order valence-electron chi connectivity index (χ2n) is 13.4. The quantitative estimate of drug-likeness (QED) is 0.0381. The molecule has 7 atom stereocenters. The molecule has 9 heteroatoms. The number of nitrogens with one attached hydrogen (secondary N) is 1. The van der Waals surface area contributed by atoms with Crippen molar-refractivity contribution in [2.45, 2.75) is 198 Å². The molecule has 1 aliphatic rings. The van der Waals surface area contributed by atoms with E-state index >= 15 is 0 Å². The molecular weight excluding hydrogens is 598 g/mol. The predicted octanol–water partition coefficient (Wildman–Crippen LogP) is 6.38. The van der Waals surface area contributed by atoms with Crippen LogP contribution in [0.1, 0.15) is 155 Å². The zero-order valence-electron chi connectivity index (χ0n) is 29.8. The van der Waals surface area contributed by atoms with E-state index < -0.39 is 49.5 Å². The van der Waals surface area contributed by atoms with Crippen LogP contribution in [-0.2, 0) is 14.3 Å². The minimum absolute atomic E-state index is 0.142. The van der Waals surface area contributed by atoms with Gasteiger partial charge in [0.05, 0.1) is 25.4 Å². The van der Waals surface area contributed by atoms with E-state index in [9.17, 15) is 30.3 Å². The van der Waals surface area contributed by atoms with Gasteiger partial charge in [0, 0.05) is 6.42 Å². The van der Waals surface area contributed by atoms with Gasteiger partial charge in [0.15, 0.2) is 6.29 Å². The molecule has 1 rings (SSSR count). The van der Waals surface area contributed by atoms with Gasteiger partial charge in [-0.3, -0.25) is 4.79 Å². The maximum atomic E-state index is 12.8. The summed E-state index contributed by atoms with van der Waals surface area (Å²) in [7, 11) is 0. The number of carbonyl (C=O) groups is 1. The van der Waals surface area contributed by atoms with Crippen molar-refractivity contribution in [2.24, 2.45) is 0 Å². The van der Waals surface area contributed by atoms with Gasteiger partial charge in [-0.15, -0.1) is 0 Å². The molecule has 0 bridgehead atoms. The number of ether oxygens (including phenoxy) is 2. The first kappa shape index (κ1) is 43.7. The van der Waals surface area contributed by atoms with E-state index in [0.29, 0.717) is 12.8 Å². The molecule has 0 aromatic carbocycles. The normalized spacial score (nSPS) is 23.1. The summed E-state index contributed by atoms with van der Waals surface area (Å²) in [6.45, 7) is 3.72. The van der Waals surface area contributed by atoms with Gasteiger partial charge in [0.1, 0.15) is 24.4 Å². The standard InChI is InChI=1S/C38H71NO8/c1-3-5-7-9-11-12-13-14-15-16-17-18-19-20-22-24-26-28-34(42)39-31(32(41)27-25-23-21-10-8-6-4-2)30-46-38-37(45)36(44)35(43)33(29-40)47-38/h11-12,14-15,31-33,35-38,40-41,43-45H,3-10,13,16-30H2,1-2H3,(H,39,42)/b12-11-,15-14-. The Kier molecular flexibility index (Phi) is 27.5. The number of carbonyl (C=O) groups excluding carboxylic acids is 1. The third-order valence-corrected chi connectivity index (χ3v) is 9.06. The van der Waals surface area contributed by atoms with Gasteiger partial charge >= 0.3 is 0 Å². The average molecular weight is 670 g/mol. The van der Waals surface area contributed by atoms with E-state index in [2.05, 4.69) is 43.5 Å². The maximum Gasteiger partial charge on any atom is 0.220 e. The Morgan fingerprint density at radius 2 is 1.26 bits per heavy atom. The maximum absolute atomic E-state index is 12.8. The number of aliphatic hydroxyl groups excluding tert-OH is 5. The molecule has 47 heavy (non-hydrogen) atoms. The molecule has 0 aromatic rings. The molecular formula is C38H71NO8. The lowest BCUT2D eigenvalue weighted by Crippen LogP contribution is -2.60. The number of rotatable bonds is 30. The van der Waals surface area contributed by atoms with Crippen LogP contribution in [0, 0.1) is 0 Å². The van der Waals surface area contributed by atoms with Crippen molar-refractivity contribution in [1.82, 2.24) is 5.32 Å². The minimum Gasteiger partial charge on any atom is -0.394 e. The minimum atomic E-state index is -1.55. The monoisotopic (exact) mass is 670 g/mol. The first-order valence-corrected chi connectivity index (χ1v) is 19.0. The Bertz CT molecular complexity index is 792. The average Bonchev–Trinajstić information content (AvgIpc) is 3.07. The molecule has 9 nitrogen and oxygen atoms in total. The number of hydrogen-bond acceptors (Lipinski definition) is 8. The molecule has 276 valence electrons. The van der Waals surface area contributed by atoms with Crippen molar-refractivity contribution >= 4 is 5.91 Å². The summed E-state index contributed by atoms with van der Waals surface area (Å²) in [5.41, 5.74) is 0. The van der Waals surface area contributed by atoms with Crippen LogP contribution in [0.2, 0.25) is 0 Å². The molecule has 1 fully saturated rings. The summed E-state index contributed by atoms with van der Waals surface area (Å²) in [5.74, 6) is -0.159. The van der Waals surface area contributed by atoms with E-state index in [1.165, 1.54) is 77.0 Å². The number of allylic oxidation sites excluding steroid dienone is 4. The smallest absolute Gasteiger partial charge is 0.220 e. The topological polar surface area (TPSA) is 149 Å². The summed E-state index contributed by atoms with van der Waals surface area (Å²) >= 11 is 0. The number of aliphatic hydroxyl groups is 5. The Morgan fingerprint density at radius 3 is 1.87 bits per heavy atom. The first-order chi connectivity index (χ1) is 22.8. The summed E-state index contributed by atoms with van der Waals surface area (Å²) in [6, 6.07) is -0.717. The Balaban J connectivity index is 2.35. The molecule has 6 N–H and O–H groups in total. The van der Waals surface area contributed by atoms with Gasteiger partial charge < -0.3 is 40.3 Å². The molecule has 1 amide bonds. The van der Waals surface area contributed by atoms with Crippen LogP contribution in [-0.4, -0.2) is 87.5 Å². The summed E-state index contributed by atoms with van der Waals surface area (Å²) in [6.07, 6.45) is 24.9. The van der Waals surface area contributed by atoms with Gasteiger partial charge in [0.25, 0.3) is 0 Å². The van der Waals surface area contributed by atoms with Gasteiger partial charge in [-0.25, -0.2) is 0 Å². The van der Waals surface area contributed by atoms with E-state index in [-0.39, 0.29) is 12.5 Å². The van der Waals surface area contributed by atoms with Crippen LogP contribution < -0.4 is 5.32 Å². The summed E-state index contributed by atoms with van der Waals surface area (Å²) in [4.78, 5) is 12.8. The lowest BCUT2D eigenvalue weighted by atomic mass is 9.99. The van der Waals surface area contributed by atoms with Crippen LogP contribution in [0.15, 0.2) is 24.3 Å². The van der Waals surface area contributed by atoms with Crippen LogP contribution in [0.4, 0.5) is 0 Å². The third-order valence-electron chi connectivity index (χ3n) is 9.06. The Labute approximate surface area is 286 Å². The van der Waals surface area contributed by atoms with Gasteiger partial charge in [0.2, 0.25) is 5.91 Å². The van der Waals surface area contributed by atoms with Crippen molar-refractivity contribution in [2.75, 3.05) is 13.2 Å². The van der Waals surface area contributed by atoms with Crippen molar-refractivity contribution < 1.29 is 39.8 Å². The second-order valence-corrected chi connectivity index (χ2v) is 13.4. The lowest BCUT2D eigenvalue weighted by Gasteiger charge is -2.40. The van der Waals surface area contributed by atoms with Crippen molar-refractivity contribution in [3.05, 3.63) is 24.3 Å². The van der Waals surface area contributed by atoms with E-state index in [1.54, 1.807) is 0 Å².